The first-order chi connectivity index (χ1) is 10.7. The van der Waals surface area contributed by atoms with E-state index in [0.29, 0.717) is 34.6 Å². The first kappa shape index (κ1) is 14.2. The predicted molar refractivity (Wildman–Crippen MR) is 84.9 cm³/mol. The lowest BCUT2D eigenvalue weighted by Gasteiger charge is -2.11. The minimum absolute atomic E-state index is 0.401. The number of nitriles is 2. The van der Waals surface area contributed by atoms with Gasteiger partial charge in [-0.15, -0.1) is 0 Å². The maximum atomic E-state index is 9.56. The van der Waals surface area contributed by atoms with Crippen LogP contribution in [0.4, 0.5) is 0 Å². The molecule has 5 nitrogen and oxygen atoms in total. The van der Waals surface area contributed by atoms with Crippen LogP contribution in [0.15, 0.2) is 34.9 Å². The summed E-state index contributed by atoms with van der Waals surface area (Å²) in [6.07, 6.45) is 2.09. The Morgan fingerprint density at radius 3 is 2.50 bits per heavy atom. The first-order valence-electron chi connectivity index (χ1n) is 6.66. The van der Waals surface area contributed by atoms with Crippen LogP contribution in [0.2, 0.25) is 0 Å². The van der Waals surface area contributed by atoms with Gasteiger partial charge in [-0.25, -0.2) is 9.50 Å². The summed E-state index contributed by atoms with van der Waals surface area (Å²) in [5, 5.41) is 23.0. The molecule has 6 heteroatoms. The monoisotopic (exact) mass is 351 g/mol. The number of benzene rings is 1. The highest BCUT2D eigenvalue weighted by atomic mass is 79.9. The van der Waals surface area contributed by atoms with E-state index < -0.39 is 0 Å². The Labute approximate surface area is 135 Å². The average molecular weight is 352 g/mol. The topological polar surface area (TPSA) is 77.8 Å². The predicted octanol–water partition coefficient (Wildman–Crippen LogP) is 3.46. The van der Waals surface area contributed by atoms with Crippen LogP contribution in [0.5, 0.6) is 0 Å². The van der Waals surface area contributed by atoms with E-state index in [-0.39, 0.29) is 0 Å². The van der Waals surface area contributed by atoms with Crippen molar-refractivity contribution >= 4 is 21.6 Å². The van der Waals surface area contributed by atoms with Gasteiger partial charge in [-0.2, -0.15) is 15.6 Å². The van der Waals surface area contributed by atoms with Crippen molar-refractivity contribution < 1.29 is 0 Å². The molecular weight excluding hydrogens is 342 g/mol. The van der Waals surface area contributed by atoms with Crippen molar-refractivity contribution in [3.05, 3.63) is 51.8 Å². The van der Waals surface area contributed by atoms with Crippen molar-refractivity contribution in [1.29, 1.82) is 10.5 Å². The number of hydrogen-bond acceptors (Lipinski definition) is 4. The third-order valence-electron chi connectivity index (χ3n) is 3.41. The summed E-state index contributed by atoms with van der Waals surface area (Å²) in [7, 11) is 0. The lowest BCUT2D eigenvalue weighted by molar-refractivity contribution is 0.913. The highest BCUT2D eigenvalue weighted by Crippen LogP contribution is 2.28. The highest BCUT2D eigenvalue weighted by molar-refractivity contribution is 9.10. The minimum Gasteiger partial charge on any atom is -0.231 e. The van der Waals surface area contributed by atoms with Gasteiger partial charge < -0.3 is 0 Å². The van der Waals surface area contributed by atoms with Gasteiger partial charge in [0, 0.05) is 10.0 Å². The first-order valence-corrected chi connectivity index (χ1v) is 7.45. The molecule has 0 unspecified atom stereocenters. The Morgan fingerprint density at radius 2 is 1.91 bits per heavy atom. The van der Waals surface area contributed by atoms with E-state index in [1.165, 1.54) is 6.20 Å². The normalized spacial score (nSPS) is 10.4. The van der Waals surface area contributed by atoms with Gasteiger partial charge in [0.25, 0.3) is 0 Å². The maximum Gasteiger partial charge on any atom is 0.173 e. The Morgan fingerprint density at radius 1 is 1.18 bits per heavy atom. The fourth-order valence-electron chi connectivity index (χ4n) is 2.37. The molecule has 0 N–H and O–H groups in total. The third-order valence-corrected chi connectivity index (χ3v) is 3.94. The SMILES string of the molecule is CCc1nc2c(C#N)cnn2c(-c2ccc(Br)cc2)c1C#N. The molecule has 106 valence electrons. The van der Waals surface area contributed by atoms with Gasteiger partial charge in [-0.3, -0.25) is 0 Å². The van der Waals surface area contributed by atoms with E-state index in [0.717, 1.165) is 10.0 Å². The van der Waals surface area contributed by atoms with Gasteiger partial charge in [0.2, 0.25) is 0 Å². The molecule has 0 fully saturated rings. The van der Waals surface area contributed by atoms with Crippen LogP contribution in [-0.2, 0) is 6.42 Å². The Hall–Kier alpha value is -2.70. The zero-order valence-electron chi connectivity index (χ0n) is 11.7. The van der Waals surface area contributed by atoms with Crippen LogP contribution in [0, 0.1) is 22.7 Å². The lowest BCUT2D eigenvalue weighted by Crippen LogP contribution is -2.05. The van der Waals surface area contributed by atoms with E-state index in [1.54, 1.807) is 4.52 Å². The fourth-order valence-corrected chi connectivity index (χ4v) is 2.63. The lowest BCUT2D eigenvalue weighted by atomic mass is 10.0. The number of halogens is 1. The molecule has 3 aromatic rings. The third kappa shape index (κ3) is 2.14. The molecule has 1 aromatic carbocycles. The molecule has 0 radical (unpaired) electrons. The van der Waals surface area contributed by atoms with Crippen LogP contribution >= 0.6 is 15.9 Å². The van der Waals surface area contributed by atoms with Gasteiger partial charge in [0.1, 0.15) is 17.7 Å². The van der Waals surface area contributed by atoms with E-state index in [9.17, 15) is 10.5 Å². The Kier molecular flexibility index (Phi) is 3.62. The van der Waals surface area contributed by atoms with Crippen molar-refractivity contribution in [3.63, 3.8) is 0 Å². The minimum atomic E-state index is 0.401. The summed E-state index contributed by atoms with van der Waals surface area (Å²) in [6.45, 7) is 1.94. The molecule has 0 saturated heterocycles. The molecule has 0 aliphatic carbocycles. The molecule has 0 atom stereocenters. The van der Waals surface area contributed by atoms with Crippen LogP contribution in [0.25, 0.3) is 16.9 Å². The second-order valence-electron chi connectivity index (χ2n) is 4.66. The van der Waals surface area contributed by atoms with Gasteiger partial charge in [0.15, 0.2) is 5.65 Å². The van der Waals surface area contributed by atoms with Crippen molar-refractivity contribution in [2.75, 3.05) is 0 Å². The summed E-state index contributed by atoms with van der Waals surface area (Å²) in [4.78, 5) is 4.45. The number of rotatable bonds is 2. The molecule has 3 rings (SSSR count). The average Bonchev–Trinajstić information content (AvgIpc) is 2.96. The second kappa shape index (κ2) is 5.59. The Balaban J connectivity index is 2.45. The van der Waals surface area contributed by atoms with E-state index in [1.807, 2.05) is 31.2 Å². The standard InChI is InChI=1S/C16H10BrN5/c1-2-14-13(8-19)15(10-3-5-12(17)6-4-10)22-16(21-14)11(7-18)9-20-22/h3-6,9H,2H2,1H3. The zero-order valence-corrected chi connectivity index (χ0v) is 13.3. The summed E-state index contributed by atoms with van der Waals surface area (Å²) >= 11 is 3.40. The van der Waals surface area contributed by atoms with Gasteiger partial charge in [-0.1, -0.05) is 35.0 Å². The van der Waals surface area contributed by atoms with E-state index in [4.69, 9.17) is 0 Å². The van der Waals surface area contributed by atoms with Crippen LogP contribution < -0.4 is 0 Å². The van der Waals surface area contributed by atoms with E-state index >= 15 is 0 Å². The molecule has 0 aliphatic heterocycles. The number of aromatic nitrogens is 3. The van der Waals surface area contributed by atoms with Gasteiger partial charge in [0.05, 0.1) is 23.1 Å². The Bertz CT molecular complexity index is 942. The van der Waals surface area contributed by atoms with Crippen molar-refractivity contribution in [2.45, 2.75) is 13.3 Å². The summed E-state index contributed by atoms with van der Waals surface area (Å²) < 4.78 is 2.52. The second-order valence-corrected chi connectivity index (χ2v) is 5.58. The van der Waals surface area contributed by atoms with Crippen LogP contribution in [-0.4, -0.2) is 14.6 Å². The van der Waals surface area contributed by atoms with Crippen molar-refractivity contribution in [3.8, 4) is 23.4 Å². The maximum absolute atomic E-state index is 9.56. The number of aryl methyl sites for hydroxylation is 1. The molecule has 0 aliphatic rings. The molecular formula is C16H10BrN5. The van der Waals surface area contributed by atoms with Gasteiger partial charge in [-0.05, 0) is 18.6 Å². The zero-order chi connectivity index (χ0) is 15.7. The summed E-state index contributed by atoms with van der Waals surface area (Å²) in [6, 6.07) is 12.0. The number of fused-ring (bicyclic) bond motifs is 1. The quantitative estimate of drug-likeness (QED) is 0.708. The summed E-state index contributed by atoms with van der Waals surface area (Å²) in [5.74, 6) is 0. The number of nitrogens with zero attached hydrogens (tertiary/aromatic N) is 5. The molecule has 0 saturated carbocycles. The van der Waals surface area contributed by atoms with Crippen LogP contribution in [0.1, 0.15) is 23.7 Å². The van der Waals surface area contributed by atoms with Crippen LogP contribution in [0.3, 0.4) is 0 Å². The number of hydrogen-bond donors (Lipinski definition) is 0. The molecule has 0 bridgehead atoms. The molecule has 2 heterocycles. The van der Waals surface area contributed by atoms with E-state index in [2.05, 4.69) is 38.2 Å². The van der Waals surface area contributed by atoms with Gasteiger partial charge >= 0.3 is 0 Å². The smallest absolute Gasteiger partial charge is 0.173 e. The highest BCUT2D eigenvalue weighted by Gasteiger charge is 2.18. The largest absolute Gasteiger partial charge is 0.231 e. The molecule has 2 aromatic heterocycles. The van der Waals surface area contributed by atoms with Crippen molar-refractivity contribution in [2.24, 2.45) is 0 Å². The molecule has 0 amide bonds. The van der Waals surface area contributed by atoms with Crippen molar-refractivity contribution in [1.82, 2.24) is 14.6 Å². The fraction of sp³-hybridized carbons (Fsp3) is 0.125. The summed E-state index contributed by atoms with van der Waals surface area (Å²) in [5.41, 5.74) is 3.57. The molecule has 0 spiro atoms. The molecule has 22 heavy (non-hydrogen) atoms.